The van der Waals surface area contributed by atoms with Crippen molar-refractivity contribution in [2.24, 2.45) is 17.8 Å². The van der Waals surface area contributed by atoms with Crippen molar-refractivity contribution in [3.63, 3.8) is 0 Å². The van der Waals surface area contributed by atoms with Gasteiger partial charge in [0.1, 0.15) is 11.5 Å². The number of hydrogen-bond donors (Lipinski definition) is 0. The summed E-state index contributed by atoms with van der Waals surface area (Å²) < 4.78 is 23.4. The molecule has 2 aromatic rings. The molecule has 0 aromatic heterocycles. The van der Waals surface area contributed by atoms with Gasteiger partial charge in [-0.3, -0.25) is 4.79 Å². The van der Waals surface area contributed by atoms with Crippen LogP contribution >= 0.6 is 0 Å². The van der Waals surface area contributed by atoms with Crippen LogP contribution in [-0.4, -0.2) is 32.7 Å². The highest BCUT2D eigenvalue weighted by Crippen LogP contribution is 2.37. The van der Waals surface area contributed by atoms with Crippen molar-refractivity contribution in [1.29, 1.82) is 0 Å². The highest BCUT2D eigenvalue weighted by Gasteiger charge is 2.15. The summed E-state index contributed by atoms with van der Waals surface area (Å²) >= 11 is 0. The van der Waals surface area contributed by atoms with Gasteiger partial charge in [-0.05, 0) is 48.1 Å². The number of carbonyl (C=O) groups excluding carboxylic acids is 1. The Morgan fingerprint density at radius 3 is 2.06 bits per heavy atom. The number of ketones is 1. The number of rotatable bonds is 13. The highest BCUT2D eigenvalue weighted by molar-refractivity contribution is 6.08. The normalized spacial score (nSPS) is 11.5. The molecule has 0 amide bonds. The van der Waals surface area contributed by atoms with Gasteiger partial charge < -0.3 is 18.9 Å². The van der Waals surface area contributed by atoms with Crippen molar-refractivity contribution in [2.75, 3.05) is 26.9 Å². The first-order valence-electron chi connectivity index (χ1n) is 11.6. The summed E-state index contributed by atoms with van der Waals surface area (Å²) in [4.78, 5) is 13.0. The summed E-state index contributed by atoms with van der Waals surface area (Å²) in [6.07, 6.45) is 3.29. The second-order valence-corrected chi connectivity index (χ2v) is 9.35. The standard InChI is InChI=1S/C28H38O5/c1-19(2)16-31-23-14-22(28(27(15-23)30-7)33-18-21(5)6)12-13-25(29)24-10-8-9-11-26(24)32-17-20(3)4/h8-15,19-21H,16-18H2,1-7H3. The zero-order valence-electron chi connectivity index (χ0n) is 21.0. The topological polar surface area (TPSA) is 54.0 Å². The molecule has 2 rings (SSSR count). The second kappa shape index (κ2) is 12.9. The molecule has 0 saturated carbocycles. The summed E-state index contributed by atoms with van der Waals surface area (Å²) in [6.45, 7) is 14.2. The fourth-order valence-electron chi connectivity index (χ4n) is 2.93. The minimum absolute atomic E-state index is 0.142. The molecule has 0 radical (unpaired) electrons. The molecule has 0 spiro atoms. The maximum Gasteiger partial charge on any atom is 0.189 e. The van der Waals surface area contributed by atoms with Crippen LogP contribution in [0.15, 0.2) is 42.5 Å². The summed E-state index contributed by atoms with van der Waals surface area (Å²) in [7, 11) is 1.60. The molecule has 0 unspecified atom stereocenters. The molecule has 180 valence electrons. The first-order valence-corrected chi connectivity index (χ1v) is 11.6. The minimum Gasteiger partial charge on any atom is -0.493 e. The van der Waals surface area contributed by atoms with Gasteiger partial charge >= 0.3 is 0 Å². The van der Waals surface area contributed by atoms with Gasteiger partial charge in [0.05, 0.1) is 32.5 Å². The van der Waals surface area contributed by atoms with Crippen LogP contribution in [0, 0.1) is 17.8 Å². The molecular weight excluding hydrogens is 416 g/mol. The third-order valence-electron chi connectivity index (χ3n) is 4.56. The minimum atomic E-state index is -0.142. The van der Waals surface area contributed by atoms with Crippen LogP contribution in [0.1, 0.15) is 57.5 Å². The molecule has 0 atom stereocenters. The number of para-hydroxylation sites is 1. The lowest BCUT2D eigenvalue weighted by Gasteiger charge is -2.17. The monoisotopic (exact) mass is 454 g/mol. The molecule has 0 fully saturated rings. The zero-order valence-corrected chi connectivity index (χ0v) is 21.0. The zero-order chi connectivity index (χ0) is 24.4. The molecule has 5 heteroatoms. The SMILES string of the molecule is COc1cc(OCC(C)C)cc(C=CC(=O)c2ccccc2OCC(C)C)c1OCC(C)C. The molecule has 0 aliphatic heterocycles. The van der Waals surface area contributed by atoms with E-state index in [0.717, 1.165) is 5.56 Å². The van der Waals surface area contributed by atoms with Gasteiger partial charge in [0.15, 0.2) is 17.3 Å². The van der Waals surface area contributed by atoms with E-state index in [1.807, 2.05) is 30.3 Å². The molecule has 0 saturated heterocycles. The molecule has 0 aliphatic carbocycles. The van der Waals surface area contributed by atoms with Crippen molar-refractivity contribution in [3.8, 4) is 23.0 Å². The van der Waals surface area contributed by atoms with Crippen LogP contribution in [-0.2, 0) is 0 Å². The molecule has 5 nitrogen and oxygen atoms in total. The largest absolute Gasteiger partial charge is 0.493 e. The van der Waals surface area contributed by atoms with Gasteiger partial charge in [0, 0.05) is 11.6 Å². The van der Waals surface area contributed by atoms with Crippen molar-refractivity contribution in [2.45, 2.75) is 41.5 Å². The Kier molecular flexibility index (Phi) is 10.3. The van der Waals surface area contributed by atoms with Crippen LogP contribution in [0.4, 0.5) is 0 Å². The van der Waals surface area contributed by atoms with Gasteiger partial charge in [-0.15, -0.1) is 0 Å². The van der Waals surface area contributed by atoms with Crippen molar-refractivity contribution < 1.29 is 23.7 Å². The molecule has 0 N–H and O–H groups in total. The maximum atomic E-state index is 13.0. The summed E-state index contributed by atoms with van der Waals surface area (Å²) in [5.41, 5.74) is 1.25. The summed E-state index contributed by atoms with van der Waals surface area (Å²) in [6, 6.07) is 11.0. The van der Waals surface area contributed by atoms with E-state index in [-0.39, 0.29) is 5.78 Å². The van der Waals surface area contributed by atoms with Gasteiger partial charge in [-0.25, -0.2) is 0 Å². The van der Waals surface area contributed by atoms with E-state index in [1.54, 1.807) is 25.3 Å². The molecule has 0 bridgehead atoms. The van der Waals surface area contributed by atoms with Crippen LogP contribution in [0.25, 0.3) is 6.08 Å². The Labute approximate surface area is 198 Å². The fourth-order valence-corrected chi connectivity index (χ4v) is 2.93. The van der Waals surface area contributed by atoms with E-state index in [2.05, 4.69) is 41.5 Å². The predicted molar refractivity (Wildman–Crippen MR) is 134 cm³/mol. The van der Waals surface area contributed by atoms with E-state index < -0.39 is 0 Å². The van der Waals surface area contributed by atoms with Gasteiger partial charge in [0.25, 0.3) is 0 Å². The van der Waals surface area contributed by atoms with Crippen molar-refractivity contribution in [3.05, 3.63) is 53.6 Å². The average molecular weight is 455 g/mol. The van der Waals surface area contributed by atoms with E-state index in [4.69, 9.17) is 18.9 Å². The lowest BCUT2D eigenvalue weighted by molar-refractivity contribution is 0.104. The number of carbonyl (C=O) groups is 1. The highest BCUT2D eigenvalue weighted by atomic mass is 16.5. The van der Waals surface area contributed by atoms with Gasteiger partial charge in [-0.2, -0.15) is 0 Å². The maximum absolute atomic E-state index is 13.0. The van der Waals surface area contributed by atoms with E-state index in [0.29, 0.717) is 66.1 Å². The Morgan fingerprint density at radius 2 is 1.42 bits per heavy atom. The molecule has 0 heterocycles. The Balaban J connectivity index is 2.38. The third-order valence-corrected chi connectivity index (χ3v) is 4.56. The van der Waals surface area contributed by atoms with Gasteiger partial charge in [0.2, 0.25) is 0 Å². The number of methoxy groups -OCH3 is 1. The van der Waals surface area contributed by atoms with Crippen LogP contribution in [0.2, 0.25) is 0 Å². The Morgan fingerprint density at radius 1 is 0.818 bits per heavy atom. The number of benzene rings is 2. The van der Waals surface area contributed by atoms with Crippen LogP contribution in [0.3, 0.4) is 0 Å². The number of allylic oxidation sites excluding steroid dienone is 1. The molecule has 0 aliphatic rings. The molecule has 33 heavy (non-hydrogen) atoms. The lowest BCUT2D eigenvalue weighted by Crippen LogP contribution is -2.09. The quantitative estimate of drug-likeness (QED) is 0.249. The molecule has 2 aromatic carbocycles. The molecular formula is C28H38O5. The van der Waals surface area contributed by atoms with Crippen LogP contribution in [0.5, 0.6) is 23.0 Å². The summed E-state index contributed by atoms with van der Waals surface area (Å²) in [5.74, 6) is 3.38. The van der Waals surface area contributed by atoms with Crippen molar-refractivity contribution in [1.82, 2.24) is 0 Å². The summed E-state index contributed by atoms with van der Waals surface area (Å²) in [5, 5.41) is 0. The van der Waals surface area contributed by atoms with Crippen LogP contribution < -0.4 is 18.9 Å². The second-order valence-electron chi connectivity index (χ2n) is 9.35. The average Bonchev–Trinajstić information content (AvgIpc) is 2.78. The predicted octanol–water partition coefficient (Wildman–Crippen LogP) is 6.70. The Bertz CT molecular complexity index is 928. The lowest BCUT2D eigenvalue weighted by atomic mass is 10.1. The third kappa shape index (κ3) is 8.49. The number of hydrogen-bond acceptors (Lipinski definition) is 5. The Hall–Kier alpha value is -2.95. The first-order chi connectivity index (χ1) is 15.7. The smallest absolute Gasteiger partial charge is 0.189 e. The van der Waals surface area contributed by atoms with Gasteiger partial charge in [-0.1, -0.05) is 53.7 Å². The first kappa shape index (κ1) is 26.3. The fraction of sp³-hybridized carbons (Fsp3) is 0.464. The van der Waals surface area contributed by atoms with E-state index >= 15 is 0 Å². The van der Waals surface area contributed by atoms with Crippen molar-refractivity contribution >= 4 is 11.9 Å². The van der Waals surface area contributed by atoms with E-state index in [1.165, 1.54) is 0 Å². The number of ether oxygens (including phenoxy) is 4. The van der Waals surface area contributed by atoms with E-state index in [9.17, 15) is 4.79 Å².